The monoisotopic (exact) mass is 371 g/mol. The van der Waals surface area contributed by atoms with Crippen LogP contribution in [-0.4, -0.2) is 53.4 Å². The summed E-state index contributed by atoms with van der Waals surface area (Å²) >= 11 is 6.97. The largest absolute Gasteiger partial charge is 0.378 e. The van der Waals surface area contributed by atoms with E-state index < -0.39 is 11.1 Å². The molecule has 3 rings (SSSR count). The van der Waals surface area contributed by atoms with E-state index in [-0.39, 0.29) is 23.3 Å². The van der Waals surface area contributed by atoms with Gasteiger partial charge in [0.1, 0.15) is 11.1 Å². The van der Waals surface area contributed by atoms with Crippen LogP contribution in [0.15, 0.2) is 23.2 Å². The van der Waals surface area contributed by atoms with E-state index in [1.54, 1.807) is 0 Å². The molecule has 2 amide bonds. The smallest absolute Gasteiger partial charge is 0.262 e. The quantitative estimate of drug-likeness (QED) is 0.881. The molecule has 1 aromatic carbocycles. The Kier molecular flexibility index (Phi) is 5.37. The highest BCUT2D eigenvalue weighted by atomic mass is 35.5. The van der Waals surface area contributed by atoms with E-state index in [9.17, 15) is 14.0 Å². The van der Waals surface area contributed by atoms with E-state index in [1.165, 1.54) is 30.0 Å². The molecule has 6 nitrogen and oxygen atoms in total. The minimum atomic E-state index is -0.556. The summed E-state index contributed by atoms with van der Waals surface area (Å²) in [5.74, 6) is -1.21. The molecule has 1 atom stereocenters. The molecule has 2 heterocycles. The van der Waals surface area contributed by atoms with Gasteiger partial charge in [0.05, 0.1) is 18.2 Å². The van der Waals surface area contributed by atoms with E-state index >= 15 is 0 Å². The van der Waals surface area contributed by atoms with Gasteiger partial charge in [0.15, 0.2) is 5.17 Å². The number of thioether (sulfide) groups is 1. The minimum Gasteiger partial charge on any atom is -0.378 e. The molecule has 0 aliphatic carbocycles. The van der Waals surface area contributed by atoms with Gasteiger partial charge in [-0.2, -0.15) is 4.99 Å². The number of nitrogens with zero attached hydrogens (tertiary/aromatic N) is 2. The summed E-state index contributed by atoms with van der Waals surface area (Å²) in [6, 6.07) is 3.92. The molecule has 24 heavy (non-hydrogen) atoms. The molecule has 128 valence electrons. The average Bonchev–Trinajstić information content (AvgIpc) is 2.93. The lowest BCUT2D eigenvalue weighted by Gasteiger charge is -2.27. The summed E-state index contributed by atoms with van der Waals surface area (Å²) in [4.78, 5) is 30.1. The van der Waals surface area contributed by atoms with Crippen LogP contribution in [0.3, 0.4) is 0 Å². The van der Waals surface area contributed by atoms with Crippen molar-refractivity contribution < 1.29 is 18.7 Å². The van der Waals surface area contributed by atoms with Crippen LogP contribution in [-0.2, 0) is 14.3 Å². The second-order valence-corrected chi connectivity index (χ2v) is 6.90. The number of halogens is 2. The molecule has 0 bridgehead atoms. The van der Waals surface area contributed by atoms with Gasteiger partial charge in [0, 0.05) is 25.2 Å². The fourth-order valence-corrected chi connectivity index (χ4v) is 3.65. The second-order valence-electron chi connectivity index (χ2n) is 5.32. The number of carbonyl (C=O) groups excluding carboxylic acids is 2. The molecule has 1 N–H and O–H groups in total. The van der Waals surface area contributed by atoms with Crippen molar-refractivity contribution in [1.82, 2.24) is 4.90 Å². The first kappa shape index (κ1) is 17.2. The molecule has 0 radical (unpaired) electrons. The summed E-state index contributed by atoms with van der Waals surface area (Å²) in [6.45, 7) is 2.58. The van der Waals surface area contributed by atoms with E-state index in [1.807, 2.05) is 4.90 Å². The number of amidine groups is 1. The van der Waals surface area contributed by atoms with Gasteiger partial charge < -0.3 is 15.0 Å². The highest BCUT2D eigenvalue weighted by molar-refractivity contribution is 8.15. The lowest BCUT2D eigenvalue weighted by molar-refractivity contribution is -0.121. The number of hydrogen-bond acceptors (Lipinski definition) is 5. The number of benzene rings is 1. The summed E-state index contributed by atoms with van der Waals surface area (Å²) in [5.41, 5.74) is 0.385. The topological polar surface area (TPSA) is 71.0 Å². The molecular weight excluding hydrogens is 357 g/mol. The second kappa shape index (κ2) is 7.50. The Morgan fingerprint density at radius 1 is 1.46 bits per heavy atom. The van der Waals surface area contributed by atoms with Gasteiger partial charge in [-0.15, -0.1) is 0 Å². The summed E-state index contributed by atoms with van der Waals surface area (Å²) in [6.07, 6.45) is -0.00413. The van der Waals surface area contributed by atoms with Crippen LogP contribution in [0.5, 0.6) is 0 Å². The number of anilines is 1. The van der Waals surface area contributed by atoms with Crippen LogP contribution in [0, 0.1) is 5.82 Å². The third kappa shape index (κ3) is 4.06. The molecule has 1 saturated heterocycles. The third-order valence-corrected chi connectivity index (χ3v) is 5.09. The van der Waals surface area contributed by atoms with Gasteiger partial charge in [0.2, 0.25) is 5.91 Å². The molecule has 1 aromatic rings. The molecule has 0 unspecified atom stereocenters. The zero-order valence-corrected chi connectivity index (χ0v) is 14.2. The first-order valence-electron chi connectivity index (χ1n) is 7.40. The predicted octanol–water partition coefficient (Wildman–Crippen LogP) is 2.14. The lowest BCUT2D eigenvalue weighted by atomic mass is 10.2. The normalized spacial score (nSPS) is 20.9. The van der Waals surface area contributed by atoms with Crippen LogP contribution in [0.25, 0.3) is 0 Å². The van der Waals surface area contributed by atoms with Crippen molar-refractivity contribution >= 4 is 46.0 Å². The van der Waals surface area contributed by atoms with Crippen molar-refractivity contribution in [1.29, 1.82) is 0 Å². The van der Waals surface area contributed by atoms with Gasteiger partial charge in [-0.1, -0.05) is 23.4 Å². The van der Waals surface area contributed by atoms with Crippen molar-refractivity contribution in [3.8, 4) is 0 Å². The maximum Gasteiger partial charge on any atom is 0.262 e. The Labute approximate surface area is 147 Å². The number of rotatable bonds is 3. The molecule has 0 aromatic heterocycles. The highest BCUT2D eigenvalue weighted by Gasteiger charge is 2.33. The maximum atomic E-state index is 13.1. The Balaban J connectivity index is 1.55. The average molecular weight is 372 g/mol. The zero-order chi connectivity index (χ0) is 17.1. The van der Waals surface area contributed by atoms with E-state index in [0.29, 0.717) is 37.2 Å². The number of amides is 2. The van der Waals surface area contributed by atoms with Crippen molar-refractivity contribution in [2.75, 3.05) is 31.6 Å². The SMILES string of the molecule is O=C(C[C@H]1SC(N2CCOCC2)=NC1=O)Nc1ccc(F)c(Cl)c1. The van der Waals surface area contributed by atoms with Crippen molar-refractivity contribution in [3.63, 3.8) is 0 Å². The van der Waals surface area contributed by atoms with Gasteiger partial charge in [-0.3, -0.25) is 9.59 Å². The molecule has 0 saturated carbocycles. The standard InChI is InChI=1S/C15H15ClFN3O3S/c16-10-7-9(1-2-11(10)17)18-13(21)8-12-14(22)19-15(24-12)20-3-5-23-6-4-20/h1-2,7,12H,3-6,8H2,(H,18,21)/t12-/m1/s1. The van der Waals surface area contributed by atoms with Crippen LogP contribution >= 0.6 is 23.4 Å². The summed E-state index contributed by atoms with van der Waals surface area (Å²) in [7, 11) is 0. The Bertz CT molecular complexity index is 695. The predicted molar refractivity (Wildman–Crippen MR) is 90.9 cm³/mol. The summed E-state index contributed by atoms with van der Waals surface area (Å²) < 4.78 is 18.4. The Hall–Kier alpha value is -1.64. The molecule has 1 fully saturated rings. The molecule has 2 aliphatic heterocycles. The fraction of sp³-hybridized carbons (Fsp3) is 0.400. The molecular formula is C15H15ClFN3O3S. The van der Waals surface area contributed by atoms with E-state index in [4.69, 9.17) is 16.3 Å². The maximum absolute atomic E-state index is 13.1. The van der Waals surface area contributed by atoms with Crippen LogP contribution in [0.2, 0.25) is 5.02 Å². The van der Waals surface area contributed by atoms with E-state index in [2.05, 4.69) is 10.3 Å². The Morgan fingerprint density at radius 2 is 2.21 bits per heavy atom. The Morgan fingerprint density at radius 3 is 2.92 bits per heavy atom. The lowest BCUT2D eigenvalue weighted by Crippen LogP contribution is -2.39. The van der Waals surface area contributed by atoms with Crippen LogP contribution < -0.4 is 5.32 Å². The molecule has 0 spiro atoms. The first-order chi connectivity index (χ1) is 11.5. The van der Waals surface area contributed by atoms with Gasteiger partial charge in [0.25, 0.3) is 5.91 Å². The van der Waals surface area contributed by atoms with Gasteiger partial charge in [-0.05, 0) is 18.2 Å². The number of morpholine rings is 1. The number of carbonyl (C=O) groups is 2. The van der Waals surface area contributed by atoms with Gasteiger partial charge >= 0.3 is 0 Å². The number of hydrogen-bond donors (Lipinski definition) is 1. The molecule has 9 heteroatoms. The number of ether oxygens (including phenoxy) is 1. The minimum absolute atomic E-state index is 0.00413. The first-order valence-corrected chi connectivity index (χ1v) is 8.65. The van der Waals surface area contributed by atoms with Gasteiger partial charge in [-0.25, -0.2) is 4.39 Å². The molecule has 2 aliphatic rings. The van der Waals surface area contributed by atoms with Crippen molar-refractivity contribution in [2.45, 2.75) is 11.7 Å². The fourth-order valence-electron chi connectivity index (χ4n) is 2.35. The zero-order valence-electron chi connectivity index (χ0n) is 12.6. The van der Waals surface area contributed by atoms with Crippen molar-refractivity contribution in [3.05, 3.63) is 29.0 Å². The third-order valence-electron chi connectivity index (χ3n) is 3.58. The number of aliphatic imine (C=N–C) groups is 1. The number of nitrogens with one attached hydrogen (secondary N) is 1. The van der Waals surface area contributed by atoms with Crippen LogP contribution in [0.4, 0.5) is 10.1 Å². The van der Waals surface area contributed by atoms with E-state index in [0.717, 1.165) is 0 Å². The van der Waals surface area contributed by atoms with Crippen LogP contribution in [0.1, 0.15) is 6.42 Å². The summed E-state index contributed by atoms with van der Waals surface area (Å²) in [5, 5.41) is 2.64. The highest BCUT2D eigenvalue weighted by Crippen LogP contribution is 2.28. The van der Waals surface area contributed by atoms with Crippen molar-refractivity contribution in [2.24, 2.45) is 4.99 Å².